The van der Waals surface area contributed by atoms with Gasteiger partial charge < -0.3 is 20.3 Å². The summed E-state index contributed by atoms with van der Waals surface area (Å²) in [6, 6.07) is 9.29. The van der Waals surface area contributed by atoms with Crippen molar-refractivity contribution in [3.05, 3.63) is 35.9 Å². The second-order valence-corrected chi connectivity index (χ2v) is 6.71. The van der Waals surface area contributed by atoms with Crippen LogP contribution in [0.2, 0.25) is 0 Å². The van der Waals surface area contributed by atoms with Crippen molar-refractivity contribution < 1.29 is 14.3 Å². The number of rotatable bonds is 2. The van der Waals surface area contributed by atoms with E-state index >= 15 is 0 Å². The van der Waals surface area contributed by atoms with E-state index in [9.17, 15) is 9.59 Å². The van der Waals surface area contributed by atoms with E-state index in [1.54, 1.807) is 4.90 Å². The van der Waals surface area contributed by atoms with Crippen molar-refractivity contribution in [3.63, 3.8) is 0 Å². The summed E-state index contributed by atoms with van der Waals surface area (Å²) in [6.45, 7) is 3.08. The van der Waals surface area contributed by atoms with Gasteiger partial charge in [-0.1, -0.05) is 30.3 Å². The maximum Gasteiger partial charge on any atom is 0.410 e. The highest BCUT2D eigenvalue weighted by Gasteiger charge is 2.39. The van der Waals surface area contributed by atoms with Gasteiger partial charge in [0.1, 0.15) is 12.6 Å². The normalized spacial score (nSPS) is 27.4. The van der Waals surface area contributed by atoms with Crippen molar-refractivity contribution in [1.29, 1.82) is 0 Å². The monoisotopic (exact) mass is 331 g/mol. The lowest BCUT2D eigenvalue weighted by Crippen LogP contribution is -2.56. The number of nitrogens with two attached hydrogens (primary N) is 1. The smallest absolute Gasteiger partial charge is 0.410 e. The van der Waals surface area contributed by atoms with Gasteiger partial charge in [-0.25, -0.2) is 4.79 Å². The number of carbonyl (C=O) groups is 2. The first-order valence-electron chi connectivity index (χ1n) is 8.59. The van der Waals surface area contributed by atoms with Crippen LogP contribution in [0.25, 0.3) is 0 Å². The molecule has 2 aliphatic heterocycles. The average molecular weight is 331 g/mol. The van der Waals surface area contributed by atoms with Gasteiger partial charge in [-0.2, -0.15) is 0 Å². The Balaban J connectivity index is 1.62. The van der Waals surface area contributed by atoms with Gasteiger partial charge >= 0.3 is 6.09 Å². The molecule has 24 heavy (non-hydrogen) atoms. The van der Waals surface area contributed by atoms with Crippen molar-refractivity contribution in [3.8, 4) is 0 Å². The molecule has 0 bridgehead atoms. The molecule has 6 nitrogen and oxygen atoms in total. The summed E-state index contributed by atoms with van der Waals surface area (Å²) in [5.41, 5.74) is 7.00. The molecule has 2 fully saturated rings. The van der Waals surface area contributed by atoms with Crippen LogP contribution in [-0.2, 0) is 16.1 Å². The molecule has 0 aliphatic carbocycles. The van der Waals surface area contributed by atoms with Gasteiger partial charge in [0.2, 0.25) is 5.91 Å². The summed E-state index contributed by atoms with van der Waals surface area (Å²) in [5, 5.41) is 0. The third kappa shape index (κ3) is 3.53. The second kappa shape index (κ2) is 7.21. The maximum absolute atomic E-state index is 12.6. The van der Waals surface area contributed by atoms with Gasteiger partial charge in [-0.15, -0.1) is 0 Å². The van der Waals surface area contributed by atoms with Crippen LogP contribution < -0.4 is 5.73 Å². The molecule has 0 saturated carbocycles. The molecule has 1 aromatic rings. The molecule has 2 saturated heterocycles. The molecule has 0 radical (unpaired) electrons. The van der Waals surface area contributed by atoms with E-state index in [1.807, 2.05) is 35.2 Å². The number of ether oxygens (including phenoxy) is 1. The topological polar surface area (TPSA) is 75.9 Å². The summed E-state index contributed by atoms with van der Waals surface area (Å²) in [6.07, 6.45) is 2.36. The molecular formula is C18H25N3O3. The van der Waals surface area contributed by atoms with Crippen LogP contribution in [0.5, 0.6) is 0 Å². The molecule has 2 amide bonds. The number of hydrogen-bond acceptors (Lipinski definition) is 4. The van der Waals surface area contributed by atoms with Crippen LogP contribution in [0.15, 0.2) is 30.3 Å². The minimum atomic E-state index is -0.683. The molecule has 0 aromatic heterocycles. The highest BCUT2D eigenvalue weighted by atomic mass is 16.6. The first kappa shape index (κ1) is 16.8. The number of carbonyl (C=O) groups excluding carboxylic acids is 2. The van der Waals surface area contributed by atoms with Crippen molar-refractivity contribution in [1.82, 2.24) is 9.80 Å². The Labute approximate surface area is 142 Å². The molecule has 6 heteroatoms. The van der Waals surface area contributed by atoms with Gasteiger partial charge in [-0.3, -0.25) is 4.79 Å². The highest BCUT2D eigenvalue weighted by molar-refractivity contribution is 5.83. The van der Waals surface area contributed by atoms with Gasteiger partial charge in [0.25, 0.3) is 0 Å². The zero-order valence-corrected chi connectivity index (χ0v) is 14.1. The lowest BCUT2D eigenvalue weighted by atomic mass is 10.1. The lowest BCUT2D eigenvalue weighted by Gasteiger charge is -2.36. The molecule has 2 aliphatic rings. The van der Waals surface area contributed by atoms with Crippen LogP contribution in [0, 0.1) is 0 Å². The van der Waals surface area contributed by atoms with E-state index in [0.29, 0.717) is 6.54 Å². The van der Waals surface area contributed by atoms with Crippen LogP contribution in [0.3, 0.4) is 0 Å². The van der Waals surface area contributed by atoms with E-state index in [4.69, 9.17) is 10.5 Å². The average Bonchev–Trinajstić information content (AvgIpc) is 2.95. The fraction of sp³-hybridized carbons (Fsp3) is 0.556. The Morgan fingerprint density at radius 1 is 1.25 bits per heavy atom. The minimum absolute atomic E-state index is 0.0504. The van der Waals surface area contributed by atoms with E-state index in [2.05, 4.69) is 6.92 Å². The molecule has 0 spiro atoms. The Kier molecular flexibility index (Phi) is 5.04. The first-order chi connectivity index (χ1) is 11.6. The summed E-state index contributed by atoms with van der Waals surface area (Å²) in [5.74, 6) is -0.0504. The largest absolute Gasteiger partial charge is 0.445 e. The number of amides is 2. The predicted molar refractivity (Wildman–Crippen MR) is 90.1 cm³/mol. The van der Waals surface area contributed by atoms with Crippen LogP contribution >= 0.6 is 0 Å². The van der Waals surface area contributed by atoms with E-state index in [0.717, 1.165) is 24.8 Å². The molecule has 2 N–H and O–H groups in total. The standard InChI is InChI=1S/C18H25N3O3/c1-13-7-8-15-9-10-20(11-16(19)17(22)21(13)15)18(23)24-12-14-5-3-2-4-6-14/h2-6,13,15-16H,7-12,19H2,1H3/t13-,15-,16+/m1/s1. The number of hydrogen-bond donors (Lipinski definition) is 1. The van der Waals surface area contributed by atoms with Gasteiger partial charge in [-0.05, 0) is 31.7 Å². The maximum atomic E-state index is 12.6. The van der Waals surface area contributed by atoms with Gasteiger partial charge in [0.15, 0.2) is 0 Å². The van der Waals surface area contributed by atoms with Crippen molar-refractivity contribution in [2.75, 3.05) is 13.1 Å². The van der Waals surface area contributed by atoms with Crippen molar-refractivity contribution in [2.24, 2.45) is 5.73 Å². The van der Waals surface area contributed by atoms with E-state index in [-0.39, 0.29) is 31.1 Å². The zero-order chi connectivity index (χ0) is 17.1. The number of benzene rings is 1. The predicted octanol–water partition coefficient (Wildman–Crippen LogP) is 1.74. The molecular weight excluding hydrogens is 306 g/mol. The molecule has 3 rings (SSSR count). The quantitative estimate of drug-likeness (QED) is 0.895. The fourth-order valence-corrected chi connectivity index (χ4v) is 3.63. The fourth-order valence-electron chi connectivity index (χ4n) is 3.63. The number of nitrogens with zero attached hydrogens (tertiary/aromatic N) is 2. The highest BCUT2D eigenvalue weighted by Crippen LogP contribution is 2.28. The van der Waals surface area contributed by atoms with E-state index < -0.39 is 12.1 Å². The van der Waals surface area contributed by atoms with Crippen LogP contribution in [-0.4, -0.2) is 53.0 Å². The lowest BCUT2D eigenvalue weighted by molar-refractivity contribution is -0.136. The third-order valence-corrected chi connectivity index (χ3v) is 4.97. The zero-order valence-electron chi connectivity index (χ0n) is 14.1. The Hall–Kier alpha value is -2.08. The Morgan fingerprint density at radius 3 is 2.75 bits per heavy atom. The first-order valence-corrected chi connectivity index (χ1v) is 8.59. The van der Waals surface area contributed by atoms with Gasteiger partial charge in [0, 0.05) is 25.2 Å². The second-order valence-electron chi connectivity index (χ2n) is 6.71. The van der Waals surface area contributed by atoms with Crippen molar-refractivity contribution in [2.45, 2.75) is 50.9 Å². The van der Waals surface area contributed by atoms with Crippen LogP contribution in [0.4, 0.5) is 4.79 Å². The van der Waals surface area contributed by atoms with Gasteiger partial charge in [0.05, 0.1) is 0 Å². The summed E-state index contributed by atoms with van der Waals surface area (Å²) >= 11 is 0. The SMILES string of the molecule is C[C@@H]1CC[C@@H]2CCN(C(=O)OCc3ccccc3)C[C@H](N)C(=O)N21. The minimum Gasteiger partial charge on any atom is -0.445 e. The molecule has 1 aromatic carbocycles. The summed E-state index contributed by atoms with van der Waals surface area (Å²) in [7, 11) is 0. The molecule has 0 unspecified atom stereocenters. The molecule has 3 atom stereocenters. The van der Waals surface area contributed by atoms with Crippen LogP contribution in [0.1, 0.15) is 31.7 Å². The molecule has 2 heterocycles. The van der Waals surface area contributed by atoms with E-state index in [1.165, 1.54) is 0 Å². The third-order valence-electron chi connectivity index (χ3n) is 4.97. The molecule has 130 valence electrons. The van der Waals surface area contributed by atoms with Crippen molar-refractivity contribution >= 4 is 12.0 Å². The summed E-state index contributed by atoms with van der Waals surface area (Å²) < 4.78 is 5.39. The number of fused-ring (bicyclic) bond motifs is 1. The summed E-state index contributed by atoms with van der Waals surface area (Å²) in [4.78, 5) is 28.4. The Bertz CT molecular complexity index is 592. The Morgan fingerprint density at radius 2 is 2.00 bits per heavy atom.